The predicted molar refractivity (Wildman–Crippen MR) is 112 cm³/mol. The Bertz CT molecular complexity index is 1040. The van der Waals surface area contributed by atoms with Gasteiger partial charge in [-0.05, 0) is 38.5 Å². The monoisotopic (exact) mass is 411 g/mol. The van der Waals surface area contributed by atoms with Gasteiger partial charge in [-0.3, -0.25) is 9.48 Å². The van der Waals surface area contributed by atoms with Crippen LogP contribution in [0.2, 0.25) is 5.02 Å². The largest absolute Gasteiger partial charge is 0.452 e. The van der Waals surface area contributed by atoms with Gasteiger partial charge in [-0.1, -0.05) is 53.6 Å². The molecule has 3 rings (SSSR count). The van der Waals surface area contributed by atoms with E-state index in [-0.39, 0.29) is 0 Å². The average molecular weight is 412 g/mol. The molecule has 1 heterocycles. The number of carbonyl (C=O) groups is 2. The third kappa shape index (κ3) is 5.03. The number of halogens is 1. The third-order valence-corrected chi connectivity index (χ3v) is 4.85. The van der Waals surface area contributed by atoms with Gasteiger partial charge in [0.2, 0.25) is 0 Å². The van der Waals surface area contributed by atoms with Crippen LogP contribution in [0.3, 0.4) is 0 Å². The molecule has 0 aliphatic heterocycles. The van der Waals surface area contributed by atoms with Crippen LogP contribution in [0.5, 0.6) is 0 Å². The second-order valence-electron chi connectivity index (χ2n) is 6.79. The Labute approximate surface area is 174 Å². The van der Waals surface area contributed by atoms with Gasteiger partial charge in [0, 0.05) is 0 Å². The summed E-state index contributed by atoms with van der Waals surface area (Å²) in [4.78, 5) is 24.6. The minimum Gasteiger partial charge on any atom is -0.452 e. The van der Waals surface area contributed by atoms with E-state index in [0.29, 0.717) is 34.2 Å². The van der Waals surface area contributed by atoms with Crippen molar-refractivity contribution in [2.75, 3.05) is 11.9 Å². The Morgan fingerprint density at radius 2 is 1.76 bits per heavy atom. The molecule has 0 aliphatic carbocycles. The molecule has 3 aromatic rings. The zero-order valence-electron chi connectivity index (χ0n) is 16.5. The number of anilines is 1. The molecular weight excluding hydrogens is 390 g/mol. The lowest BCUT2D eigenvalue weighted by molar-refractivity contribution is -0.119. The molecule has 0 saturated carbocycles. The molecule has 0 radical (unpaired) electrons. The van der Waals surface area contributed by atoms with Gasteiger partial charge in [0.15, 0.2) is 6.61 Å². The van der Waals surface area contributed by atoms with Gasteiger partial charge in [0.05, 0.1) is 28.6 Å². The molecule has 29 heavy (non-hydrogen) atoms. The zero-order valence-corrected chi connectivity index (χ0v) is 17.3. The summed E-state index contributed by atoms with van der Waals surface area (Å²) in [6.07, 6.45) is 0. The van der Waals surface area contributed by atoms with Gasteiger partial charge in [-0.2, -0.15) is 5.10 Å². The number of hydrogen-bond donors (Lipinski definition) is 1. The molecular formula is C22H22ClN3O3. The van der Waals surface area contributed by atoms with Crippen LogP contribution in [0, 0.1) is 20.8 Å². The highest BCUT2D eigenvalue weighted by molar-refractivity contribution is 6.33. The van der Waals surface area contributed by atoms with Crippen molar-refractivity contribution in [1.29, 1.82) is 0 Å². The van der Waals surface area contributed by atoms with Crippen LogP contribution in [0.25, 0.3) is 0 Å². The SMILES string of the molecule is Cc1ccc(Cn2nc(C)c(C(=O)OCC(=O)Nc3ccccc3Cl)c2C)cc1. The van der Waals surface area contributed by atoms with E-state index in [1.54, 1.807) is 35.9 Å². The summed E-state index contributed by atoms with van der Waals surface area (Å²) in [5.41, 5.74) is 4.36. The second kappa shape index (κ2) is 8.92. The molecule has 1 aromatic heterocycles. The van der Waals surface area contributed by atoms with Gasteiger partial charge >= 0.3 is 5.97 Å². The molecule has 150 valence electrons. The smallest absolute Gasteiger partial charge is 0.342 e. The first kappa shape index (κ1) is 20.6. The summed E-state index contributed by atoms with van der Waals surface area (Å²) in [7, 11) is 0. The minimum absolute atomic E-state index is 0.377. The van der Waals surface area contributed by atoms with Crippen molar-refractivity contribution in [3.63, 3.8) is 0 Å². The van der Waals surface area contributed by atoms with Gasteiger partial charge in [-0.25, -0.2) is 4.79 Å². The molecule has 1 N–H and O–H groups in total. The maximum absolute atomic E-state index is 12.5. The number of benzene rings is 2. The van der Waals surface area contributed by atoms with E-state index >= 15 is 0 Å². The van der Waals surface area contributed by atoms with Gasteiger partial charge < -0.3 is 10.1 Å². The summed E-state index contributed by atoms with van der Waals surface area (Å²) < 4.78 is 6.96. The number of carbonyl (C=O) groups excluding carboxylic acids is 2. The number of aryl methyl sites for hydroxylation is 2. The topological polar surface area (TPSA) is 73.2 Å². The van der Waals surface area contributed by atoms with E-state index in [9.17, 15) is 9.59 Å². The average Bonchev–Trinajstić information content (AvgIpc) is 2.97. The Morgan fingerprint density at radius 3 is 2.45 bits per heavy atom. The summed E-state index contributed by atoms with van der Waals surface area (Å²) >= 11 is 6.01. The molecule has 2 aromatic carbocycles. The van der Waals surface area contributed by atoms with Crippen LogP contribution < -0.4 is 5.32 Å². The number of aromatic nitrogens is 2. The number of hydrogen-bond acceptors (Lipinski definition) is 4. The number of ether oxygens (including phenoxy) is 1. The van der Waals surface area contributed by atoms with Crippen molar-refractivity contribution in [3.8, 4) is 0 Å². The maximum Gasteiger partial charge on any atom is 0.342 e. The van der Waals surface area contributed by atoms with Crippen LogP contribution >= 0.6 is 11.6 Å². The van der Waals surface area contributed by atoms with E-state index in [1.807, 2.05) is 38.1 Å². The number of esters is 1. The molecule has 0 unspecified atom stereocenters. The number of para-hydroxylation sites is 1. The first-order valence-electron chi connectivity index (χ1n) is 9.16. The van der Waals surface area contributed by atoms with E-state index in [1.165, 1.54) is 5.56 Å². The molecule has 6 nitrogen and oxygen atoms in total. The van der Waals surface area contributed by atoms with Crippen molar-refractivity contribution in [1.82, 2.24) is 9.78 Å². The normalized spacial score (nSPS) is 10.6. The summed E-state index contributed by atoms with van der Waals surface area (Å²) in [5, 5.41) is 7.49. The Balaban J connectivity index is 1.64. The molecule has 0 spiro atoms. The number of rotatable bonds is 6. The van der Waals surface area contributed by atoms with Crippen molar-refractivity contribution in [3.05, 3.63) is 81.6 Å². The van der Waals surface area contributed by atoms with Gasteiger partial charge in [0.1, 0.15) is 5.56 Å². The highest BCUT2D eigenvalue weighted by Crippen LogP contribution is 2.20. The van der Waals surface area contributed by atoms with Crippen molar-refractivity contribution < 1.29 is 14.3 Å². The molecule has 0 fully saturated rings. The van der Waals surface area contributed by atoms with E-state index in [2.05, 4.69) is 10.4 Å². The summed E-state index contributed by atoms with van der Waals surface area (Å²) in [6, 6.07) is 15.0. The highest BCUT2D eigenvalue weighted by Gasteiger charge is 2.21. The number of nitrogens with zero attached hydrogens (tertiary/aromatic N) is 2. The fraction of sp³-hybridized carbons (Fsp3) is 0.227. The maximum atomic E-state index is 12.5. The summed E-state index contributed by atoms with van der Waals surface area (Å²) in [6.45, 7) is 5.73. The van der Waals surface area contributed by atoms with Crippen LogP contribution in [0.4, 0.5) is 5.69 Å². The Kier molecular flexibility index (Phi) is 6.34. The van der Waals surface area contributed by atoms with Crippen molar-refractivity contribution in [2.24, 2.45) is 0 Å². The summed E-state index contributed by atoms with van der Waals surface area (Å²) in [5.74, 6) is -1.04. The van der Waals surface area contributed by atoms with Gasteiger partial charge in [-0.15, -0.1) is 0 Å². The third-order valence-electron chi connectivity index (χ3n) is 4.52. The molecule has 1 amide bonds. The fourth-order valence-electron chi connectivity index (χ4n) is 2.96. The predicted octanol–water partition coefficient (Wildman–Crippen LogP) is 4.31. The van der Waals surface area contributed by atoms with Gasteiger partial charge in [0.25, 0.3) is 5.91 Å². The minimum atomic E-state index is -0.579. The van der Waals surface area contributed by atoms with E-state index in [4.69, 9.17) is 16.3 Å². The lowest BCUT2D eigenvalue weighted by atomic mass is 10.1. The molecule has 7 heteroatoms. The number of nitrogens with one attached hydrogen (secondary N) is 1. The van der Waals surface area contributed by atoms with Crippen LogP contribution in [-0.2, 0) is 16.1 Å². The van der Waals surface area contributed by atoms with Crippen molar-refractivity contribution >= 4 is 29.2 Å². The fourth-order valence-corrected chi connectivity index (χ4v) is 3.15. The van der Waals surface area contributed by atoms with Crippen LogP contribution in [0.15, 0.2) is 48.5 Å². The highest BCUT2D eigenvalue weighted by atomic mass is 35.5. The van der Waals surface area contributed by atoms with E-state index < -0.39 is 18.5 Å². The quantitative estimate of drug-likeness (QED) is 0.613. The van der Waals surface area contributed by atoms with Crippen LogP contribution in [-0.4, -0.2) is 28.3 Å². The standard InChI is InChI=1S/C22H22ClN3O3/c1-14-8-10-17(11-9-14)12-26-16(3)21(15(2)25-26)22(28)29-13-20(27)24-19-7-5-4-6-18(19)23/h4-11H,12-13H2,1-3H3,(H,24,27). The molecule has 0 aliphatic rings. The lowest BCUT2D eigenvalue weighted by Crippen LogP contribution is -2.21. The zero-order chi connectivity index (χ0) is 21.0. The molecule has 0 saturated heterocycles. The first-order chi connectivity index (χ1) is 13.8. The first-order valence-corrected chi connectivity index (χ1v) is 9.54. The lowest BCUT2D eigenvalue weighted by Gasteiger charge is -2.08. The molecule has 0 atom stereocenters. The Hall–Kier alpha value is -3.12. The molecule has 0 bridgehead atoms. The van der Waals surface area contributed by atoms with E-state index in [0.717, 1.165) is 5.56 Å². The van der Waals surface area contributed by atoms with Crippen molar-refractivity contribution in [2.45, 2.75) is 27.3 Å². The second-order valence-corrected chi connectivity index (χ2v) is 7.20. The van der Waals surface area contributed by atoms with Crippen LogP contribution in [0.1, 0.15) is 32.9 Å². The number of amides is 1. The Morgan fingerprint density at radius 1 is 1.07 bits per heavy atom.